The molecule has 0 aromatic carbocycles. The quantitative estimate of drug-likeness (QED) is 0.744. The van der Waals surface area contributed by atoms with E-state index in [1.54, 1.807) is 6.20 Å². The summed E-state index contributed by atoms with van der Waals surface area (Å²) in [4.78, 5) is 16.8. The molecule has 76 valence electrons. The lowest BCUT2D eigenvalue weighted by molar-refractivity contribution is 0.761. The molecule has 0 radical (unpaired) electrons. The van der Waals surface area contributed by atoms with Crippen molar-refractivity contribution >= 4 is 0 Å². The molecule has 0 aliphatic rings. The van der Waals surface area contributed by atoms with Crippen LogP contribution < -0.4 is 0 Å². The number of nitrogens with zero attached hydrogens (tertiary/aromatic N) is 4. The van der Waals surface area contributed by atoms with E-state index in [1.165, 1.54) is 6.33 Å². The van der Waals surface area contributed by atoms with E-state index in [0.29, 0.717) is 11.7 Å². The van der Waals surface area contributed by atoms with Crippen molar-refractivity contribution in [3.63, 3.8) is 0 Å². The molecule has 0 saturated heterocycles. The standard InChI is InChI=1S/C11H12N4/c1-8(2)10-13-7-14-11(15-10)9-5-3-4-6-12-9/h3-8H,1-2H3. The molecule has 0 amide bonds. The van der Waals surface area contributed by atoms with Gasteiger partial charge in [0.15, 0.2) is 5.82 Å². The van der Waals surface area contributed by atoms with Gasteiger partial charge in [0.25, 0.3) is 0 Å². The molecule has 0 saturated carbocycles. The van der Waals surface area contributed by atoms with Gasteiger partial charge in [0.2, 0.25) is 0 Å². The summed E-state index contributed by atoms with van der Waals surface area (Å²) >= 11 is 0. The minimum atomic E-state index is 0.301. The summed E-state index contributed by atoms with van der Waals surface area (Å²) in [6.45, 7) is 4.11. The van der Waals surface area contributed by atoms with Crippen molar-refractivity contribution in [1.82, 2.24) is 19.9 Å². The van der Waals surface area contributed by atoms with Crippen molar-refractivity contribution in [3.8, 4) is 11.5 Å². The zero-order valence-electron chi connectivity index (χ0n) is 8.75. The van der Waals surface area contributed by atoms with Gasteiger partial charge in [-0.15, -0.1) is 0 Å². The maximum absolute atomic E-state index is 4.36. The fourth-order valence-corrected chi connectivity index (χ4v) is 1.21. The molecule has 0 aliphatic heterocycles. The Labute approximate surface area is 88.5 Å². The average Bonchev–Trinajstić information content (AvgIpc) is 2.30. The average molecular weight is 200 g/mol. The maximum Gasteiger partial charge on any atom is 0.181 e. The van der Waals surface area contributed by atoms with Crippen LogP contribution in [0.4, 0.5) is 0 Å². The summed E-state index contributed by atoms with van der Waals surface area (Å²) in [6.07, 6.45) is 3.26. The Balaban J connectivity index is 2.42. The Morgan fingerprint density at radius 1 is 1.07 bits per heavy atom. The predicted molar refractivity (Wildman–Crippen MR) is 57.1 cm³/mol. The summed E-state index contributed by atoms with van der Waals surface area (Å²) in [7, 11) is 0. The van der Waals surface area contributed by atoms with Gasteiger partial charge in [0, 0.05) is 12.1 Å². The molecule has 15 heavy (non-hydrogen) atoms. The fourth-order valence-electron chi connectivity index (χ4n) is 1.21. The van der Waals surface area contributed by atoms with Crippen LogP contribution in [0.25, 0.3) is 11.5 Å². The molecule has 2 aromatic heterocycles. The van der Waals surface area contributed by atoms with E-state index in [1.807, 2.05) is 18.2 Å². The molecule has 0 aliphatic carbocycles. The Morgan fingerprint density at radius 3 is 2.60 bits per heavy atom. The number of aromatic nitrogens is 4. The number of pyridine rings is 1. The van der Waals surface area contributed by atoms with Crippen molar-refractivity contribution in [1.29, 1.82) is 0 Å². The highest BCUT2D eigenvalue weighted by Crippen LogP contribution is 2.13. The highest BCUT2D eigenvalue weighted by atomic mass is 15.0. The molecule has 0 N–H and O–H groups in total. The van der Waals surface area contributed by atoms with Gasteiger partial charge in [-0.05, 0) is 12.1 Å². The van der Waals surface area contributed by atoms with Crippen LogP contribution in [-0.2, 0) is 0 Å². The SMILES string of the molecule is CC(C)c1ncnc(-c2ccccn2)n1. The highest BCUT2D eigenvalue weighted by molar-refractivity contribution is 5.47. The van der Waals surface area contributed by atoms with Gasteiger partial charge in [0.1, 0.15) is 17.8 Å². The molecule has 4 nitrogen and oxygen atoms in total. The molecule has 0 fully saturated rings. The normalized spacial score (nSPS) is 10.6. The molecule has 0 atom stereocenters. The summed E-state index contributed by atoms with van der Waals surface area (Å²) in [5.74, 6) is 1.73. The van der Waals surface area contributed by atoms with Crippen LogP contribution in [0.3, 0.4) is 0 Å². The first-order valence-electron chi connectivity index (χ1n) is 4.87. The van der Waals surface area contributed by atoms with Crippen LogP contribution in [0.5, 0.6) is 0 Å². The molecule has 2 aromatic rings. The second-order valence-electron chi connectivity index (χ2n) is 3.54. The molecule has 0 bridgehead atoms. The third-order valence-corrected chi connectivity index (χ3v) is 2.00. The zero-order chi connectivity index (χ0) is 10.7. The fraction of sp³-hybridized carbons (Fsp3) is 0.273. The number of hydrogen-bond donors (Lipinski definition) is 0. The highest BCUT2D eigenvalue weighted by Gasteiger charge is 2.06. The van der Waals surface area contributed by atoms with Crippen molar-refractivity contribution < 1.29 is 0 Å². The molecule has 2 rings (SSSR count). The van der Waals surface area contributed by atoms with E-state index in [0.717, 1.165) is 11.5 Å². The smallest absolute Gasteiger partial charge is 0.181 e. The van der Waals surface area contributed by atoms with E-state index < -0.39 is 0 Å². The van der Waals surface area contributed by atoms with Crippen molar-refractivity contribution in [2.75, 3.05) is 0 Å². The monoisotopic (exact) mass is 200 g/mol. The first-order chi connectivity index (χ1) is 7.27. The largest absolute Gasteiger partial charge is 0.253 e. The van der Waals surface area contributed by atoms with Gasteiger partial charge in [-0.1, -0.05) is 19.9 Å². The topological polar surface area (TPSA) is 51.6 Å². The summed E-state index contributed by atoms with van der Waals surface area (Å²) in [5, 5.41) is 0. The van der Waals surface area contributed by atoms with E-state index in [9.17, 15) is 0 Å². The Hall–Kier alpha value is -1.84. The van der Waals surface area contributed by atoms with Crippen LogP contribution in [0, 0.1) is 0 Å². The van der Waals surface area contributed by atoms with E-state index in [-0.39, 0.29) is 0 Å². The van der Waals surface area contributed by atoms with Crippen LogP contribution in [0.15, 0.2) is 30.7 Å². The summed E-state index contributed by atoms with van der Waals surface area (Å²) < 4.78 is 0. The van der Waals surface area contributed by atoms with Gasteiger partial charge < -0.3 is 0 Å². The molecule has 0 spiro atoms. The third kappa shape index (κ3) is 2.15. The Kier molecular flexibility index (Phi) is 2.67. The van der Waals surface area contributed by atoms with Gasteiger partial charge >= 0.3 is 0 Å². The lowest BCUT2D eigenvalue weighted by atomic mass is 10.2. The van der Waals surface area contributed by atoms with Crippen LogP contribution in [0.1, 0.15) is 25.6 Å². The van der Waals surface area contributed by atoms with Gasteiger partial charge in [-0.3, -0.25) is 4.98 Å². The third-order valence-electron chi connectivity index (χ3n) is 2.00. The van der Waals surface area contributed by atoms with Crippen LogP contribution in [0.2, 0.25) is 0 Å². The molecule has 4 heteroatoms. The minimum Gasteiger partial charge on any atom is -0.253 e. The lowest BCUT2D eigenvalue weighted by Gasteiger charge is -2.04. The van der Waals surface area contributed by atoms with Crippen molar-refractivity contribution in [3.05, 3.63) is 36.5 Å². The number of hydrogen-bond acceptors (Lipinski definition) is 4. The molecule has 2 heterocycles. The summed E-state index contributed by atoms with van der Waals surface area (Å²) in [5.41, 5.74) is 0.779. The van der Waals surface area contributed by atoms with E-state index in [2.05, 4.69) is 33.8 Å². The zero-order valence-corrected chi connectivity index (χ0v) is 8.75. The molecular formula is C11H12N4. The second-order valence-corrected chi connectivity index (χ2v) is 3.54. The van der Waals surface area contributed by atoms with Gasteiger partial charge in [0.05, 0.1) is 0 Å². The van der Waals surface area contributed by atoms with E-state index in [4.69, 9.17) is 0 Å². The van der Waals surface area contributed by atoms with Crippen molar-refractivity contribution in [2.24, 2.45) is 0 Å². The first-order valence-corrected chi connectivity index (χ1v) is 4.87. The van der Waals surface area contributed by atoms with Crippen molar-refractivity contribution in [2.45, 2.75) is 19.8 Å². The molecular weight excluding hydrogens is 188 g/mol. The maximum atomic E-state index is 4.36. The predicted octanol–water partition coefficient (Wildman–Crippen LogP) is 2.06. The van der Waals surface area contributed by atoms with Crippen LogP contribution >= 0.6 is 0 Å². The van der Waals surface area contributed by atoms with Gasteiger partial charge in [-0.2, -0.15) is 0 Å². The first kappa shape index (κ1) is 9.71. The minimum absolute atomic E-state index is 0.301. The summed E-state index contributed by atoms with van der Waals surface area (Å²) in [6, 6.07) is 5.68. The lowest BCUT2D eigenvalue weighted by Crippen LogP contribution is -2.01. The number of rotatable bonds is 2. The second kappa shape index (κ2) is 4.13. The van der Waals surface area contributed by atoms with Crippen LogP contribution in [-0.4, -0.2) is 19.9 Å². The Bertz CT molecular complexity index is 439. The van der Waals surface area contributed by atoms with E-state index >= 15 is 0 Å². The van der Waals surface area contributed by atoms with Gasteiger partial charge in [-0.25, -0.2) is 15.0 Å². The molecule has 0 unspecified atom stereocenters. The Morgan fingerprint density at radius 2 is 1.93 bits per heavy atom.